The first-order chi connectivity index (χ1) is 13.9. The maximum absolute atomic E-state index is 13.3. The van der Waals surface area contributed by atoms with Crippen LogP contribution in [0.25, 0.3) is 0 Å². The molecule has 0 aliphatic carbocycles. The molecule has 0 radical (unpaired) electrons. The van der Waals surface area contributed by atoms with Crippen LogP contribution in [0.3, 0.4) is 0 Å². The normalized spacial score (nSPS) is 20.3. The van der Waals surface area contributed by atoms with Gasteiger partial charge in [-0.3, -0.25) is 4.79 Å². The summed E-state index contributed by atoms with van der Waals surface area (Å²) in [6.45, 7) is 1.66. The lowest BCUT2D eigenvalue weighted by Gasteiger charge is -2.26. The third-order valence-electron chi connectivity index (χ3n) is 5.64. The molecule has 1 amide bonds. The van der Waals surface area contributed by atoms with E-state index in [4.69, 9.17) is 11.6 Å². The Bertz CT molecular complexity index is 1020. The molecule has 2 aromatic carbocycles. The van der Waals surface area contributed by atoms with Crippen LogP contribution in [0, 0.1) is 0 Å². The predicted molar refractivity (Wildman–Crippen MR) is 117 cm³/mol. The van der Waals surface area contributed by atoms with Gasteiger partial charge in [0, 0.05) is 24.1 Å². The summed E-state index contributed by atoms with van der Waals surface area (Å²) in [5.74, 6) is -0.223. The SMILES string of the molecule is O=C(c1cc(S(=O)(=O)N2CCCC2)ccc1Cl)N1CCCC1c1ccc(Br)cc1. The first-order valence-electron chi connectivity index (χ1n) is 9.74. The Morgan fingerprint density at radius 1 is 1.00 bits per heavy atom. The number of carbonyl (C=O) groups excluding carboxylic acids is 1. The van der Waals surface area contributed by atoms with Crippen LogP contribution in [0.1, 0.15) is 47.6 Å². The average molecular weight is 498 g/mol. The Labute approximate surface area is 184 Å². The van der Waals surface area contributed by atoms with E-state index in [1.165, 1.54) is 22.5 Å². The molecule has 2 aliphatic heterocycles. The number of rotatable bonds is 4. The van der Waals surface area contributed by atoms with Gasteiger partial charge >= 0.3 is 0 Å². The summed E-state index contributed by atoms with van der Waals surface area (Å²) in [7, 11) is -3.61. The largest absolute Gasteiger partial charge is 0.332 e. The molecule has 0 saturated carbocycles. The minimum Gasteiger partial charge on any atom is -0.332 e. The summed E-state index contributed by atoms with van der Waals surface area (Å²) in [6.07, 6.45) is 3.50. The van der Waals surface area contributed by atoms with Gasteiger partial charge in [0.15, 0.2) is 0 Å². The molecule has 4 rings (SSSR count). The van der Waals surface area contributed by atoms with Gasteiger partial charge in [0.2, 0.25) is 10.0 Å². The molecule has 1 unspecified atom stereocenters. The van der Waals surface area contributed by atoms with Crippen molar-refractivity contribution in [3.05, 3.63) is 63.1 Å². The molecule has 0 spiro atoms. The van der Waals surface area contributed by atoms with Gasteiger partial charge in [0.25, 0.3) is 5.91 Å². The van der Waals surface area contributed by atoms with Crippen LogP contribution < -0.4 is 0 Å². The van der Waals surface area contributed by atoms with Crippen molar-refractivity contribution in [2.75, 3.05) is 19.6 Å². The molecular weight excluding hydrogens is 476 g/mol. The monoisotopic (exact) mass is 496 g/mol. The van der Waals surface area contributed by atoms with Crippen LogP contribution in [0.2, 0.25) is 5.02 Å². The summed E-state index contributed by atoms with van der Waals surface area (Å²) < 4.78 is 28.3. The molecule has 0 N–H and O–H groups in total. The van der Waals surface area contributed by atoms with Crippen molar-refractivity contribution in [3.8, 4) is 0 Å². The highest BCUT2D eigenvalue weighted by atomic mass is 79.9. The molecular formula is C21H22BrClN2O3S. The lowest BCUT2D eigenvalue weighted by Crippen LogP contribution is -2.31. The van der Waals surface area contributed by atoms with Gasteiger partial charge in [-0.05, 0) is 61.6 Å². The van der Waals surface area contributed by atoms with E-state index >= 15 is 0 Å². The summed E-state index contributed by atoms with van der Waals surface area (Å²) in [5.41, 5.74) is 1.31. The van der Waals surface area contributed by atoms with E-state index in [1.807, 2.05) is 24.3 Å². The minimum absolute atomic E-state index is 0.0366. The number of hydrogen-bond acceptors (Lipinski definition) is 3. The van der Waals surface area contributed by atoms with Crippen LogP contribution in [-0.2, 0) is 10.0 Å². The number of halogens is 2. The number of amides is 1. The second kappa shape index (κ2) is 8.38. The summed E-state index contributed by atoms with van der Waals surface area (Å²) in [4.78, 5) is 15.3. The van der Waals surface area contributed by atoms with Crippen LogP contribution in [0.4, 0.5) is 0 Å². The molecule has 2 saturated heterocycles. The molecule has 5 nitrogen and oxygen atoms in total. The number of sulfonamides is 1. The highest BCUT2D eigenvalue weighted by Crippen LogP contribution is 2.35. The van der Waals surface area contributed by atoms with Gasteiger partial charge < -0.3 is 4.90 Å². The molecule has 2 aliphatic rings. The smallest absolute Gasteiger partial charge is 0.255 e. The Morgan fingerprint density at radius 2 is 1.69 bits per heavy atom. The van der Waals surface area contributed by atoms with Gasteiger partial charge in [-0.15, -0.1) is 0 Å². The Morgan fingerprint density at radius 3 is 2.38 bits per heavy atom. The van der Waals surface area contributed by atoms with Crippen LogP contribution in [0.5, 0.6) is 0 Å². The Balaban J connectivity index is 1.65. The third-order valence-corrected chi connectivity index (χ3v) is 8.39. The number of hydrogen-bond donors (Lipinski definition) is 0. The van der Waals surface area contributed by atoms with Crippen molar-refractivity contribution in [1.29, 1.82) is 0 Å². The van der Waals surface area contributed by atoms with E-state index in [2.05, 4.69) is 15.9 Å². The first-order valence-corrected chi connectivity index (χ1v) is 12.3. The minimum atomic E-state index is -3.61. The summed E-state index contributed by atoms with van der Waals surface area (Å²) in [6, 6.07) is 12.4. The zero-order chi connectivity index (χ0) is 20.6. The molecule has 0 aromatic heterocycles. The highest BCUT2D eigenvalue weighted by molar-refractivity contribution is 9.10. The van der Waals surface area contributed by atoms with Crippen molar-refractivity contribution in [2.45, 2.75) is 36.6 Å². The van der Waals surface area contributed by atoms with E-state index < -0.39 is 10.0 Å². The molecule has 154 valence electrons. The van der Waals surface area contributed by atoms with Crippen molar-refractivity contribution in [1.82, 2.24) is 9.21 Å². The summed E-state index contributed by atoms with van der Waals surface area (Å²) in [5, 5.41) is 0.275. The van der Waals surface area contributed by atoms with E-state index in [-0.39, 0.29) is 27.4 Å². The maximum Gasteiger partial charge on any atom is 0.255 e. The maximum atomic E-state index is 13.3. The van der Waals surface area contributed by atoms with Crippen LogP contribution in [-0.4, -0.2) is 43.2 Å². The standard InChI is InChI=1S/C21H22BrClN2O3S/c22-16-7-5-15(6-8-16)20-4-3-13-25(20)21(26)18-14-17(9-10-19(18)23)29(27,28)24-11-1-2-12-24/h5-10,14,20H,1-4,11-13H2. The Hall–Kier alpha value is -1.41. The fourth-order valence-corrected chi connectivity index (χ4v) is 6.11. The third kappa shape index (κ3) is 4.10. The number of likely N-dealkylation sites (tertiary alicyclic amines) is 1. The average Bonchev–Trinajstić information content (AvgIpc) is 3.41. The van der Waals surface area contributed by atoms with Gasteiger partial charge in [0.1, 0.15) is 0 Å². The Kier molecular flexibility index (Phi) is 6.02. The quantitative estimate of drug-likeness (QED) is 0.606. The summed E-state index contributed by atoms with van der Waals surface area (Å²) >= 11 is 9.77. The van der Waals surface area contributed by atoms with E-state index in [0.29, 0.717) is 19.6 Å². The fourth-order valence-electron chi connectivity index (χ4n) is 4.10. The predicted octanol–water partition coefficient (Wildman–Crippen LogP) is 4.86. The number of nitrogens with zero attached hydrogens (tertiary/aromatic N) is 2. The second-order valence-electron chi connectivity index (χ2n) is 7.46. The van der Waals surface area contributed by atoms with Crippen molar-refractivity contribution in [3.63, 3.8) is 0 Å². The molecule has 29 heavy (non-hydrogen) atoms. The van der Waals surface area contributed by atoms with Gasteiger partial charge in [0.05, 0.1) is 21.5 Å². The molecule has 8 heteroatoms. The second-order valence-corrected chi connectivity index (χ2v) is 10.7. The van der Waals surface area contributed by atoms with Gasteiger partial charge in [-0.2, -0.15) is 4.31 Å². The lowest BCUT2D eigenvalue weighted by molar-refractivity contribution is 0.0735. The first kappa shape index (κ1) is 20.8. The van der Waals surface area contributed by atoms with E-state index in [9.17, 15) is 13.2 Å². The number of benzene rings is 2. The van der Waals surface area contributed by atoms with Crippen molar-refractivity contribution < 1.29 is 13.2 Å². The number of carbonyl (C=O) groups is 1. The lowest BCUT2D eigenvalue weighted by atomic mass is 10.0. The molecule has 2 heterocycles. The topological polar surface area (TPSA) is 57.7 Å². The molecule has 1 atom stereocenters. The van der Waals surface area contributed by atoms with Gasteiger partial charge in [-0.1, -0.05) is 39.7 Å². The van der Waals surface area contributed by atoms with Crippen LogP contribution in [0.15, 0.2) is 51.8 Å². The molecule has 0 bridgehead atoms. The van der Waals surface area contributed by atoms with Gasteiger partial charge in [-0.25, -0.2) is 8.42 Å². The van der Waals surface area contributed by atoms with E-state index in [0.717, 1.165) is 35.7 Å². The zero-order valence-electron chi connectivity index (χ0n) is 15.9. The highest BCUT2D eigenvalue weighted by Gasteiger charge is 2.33. The van der Waals surface area contributed by atoms with E-state index in [1.54, 1.807) is 4.90 Å². The zero-order valence-corrected chi connectivity index (χ0v) is 19.0. The molecule has 2 fully saturated rings. The fraction of sp³-hybridized carbons (Fsp3) is 0.381. The van der Waals surface area contributed by atoms with Crippen molar-refractivity contribution >= 4 is 43.5 Å². The van der Waals surface area contributed by atoms with Crippen LogP contribution >= 0.6 is 27.5 Å². The molecule has 2 aromatic rings. The van der Waals surface area contributed by atoms with Crippen molar-refractivity contribution in [2.24, 2.45) is 0 Å².